The summed E-state index contributed by atoms with van der Waals surface area (Å²) in [4.78, 5) is 74.8. The van der Waals surface area contributed by atoms with Crippen LogP contribution in [-0.2, 0) is 45.4 Å². The first-order valence-electron chi connectivity index (χ1n) is 15.8. The molecule has 5 N–H and O–H groups in total. The molecule has 0 aliphatic heterocycles. The van der Waals surface area contributed by atoms with Gasteiger partial charge < -0.3 is 44.7 Å². The first-order chi connectivity index (χ1) is 23.7. The van der Waals surface area contributed by atoms with E-state index in [1.807, 2.05) is 0 Å². The van der Waals surface area contributed by atoms with Gasteiger partial charge in [0.1, 0.15) is 24.9 Å². The number of anilines is 1. The Hall–Kier alpha value is -4.63. The molecule has 0 spiro atoms. The summed E-state index contributed by atoms with van der Waals surface area (Å²) in [5, 5.41) is 7.52. The normalized spacial score (nSPS) is 11.8. The maximum Gasteiger partial charge on any atom is 0.422 e. The minimum absolute atomic E-state index is 0.0291. The van der Waals surface area contributed by atoms with Crippen LogP contribution in [0.3, 0.4) is 0 Å². The molecule has 0 bridgehead atoms. The van der Waals surface area contributed by atoms with Crippen molar-refractivity contribution in [3.05, 3.63) is 29.8 Å². The molecular weight excluding hydrogens is 693 g/mol. The van der Waals surface area contributed by atoms with Crippen LogP contribution in [0.4, 0.5) is 24.9 Å². The number of alkyl carbamates (subject to hydrolysis) is 1. The molecule has 1 atom stereocenters. The summed E-state index contributed by atoms with van der Waals surface area (Å²) in [6, 6.07) is 5.45. The fourth-order valence-electron chi connectivity index (χ4n) is 3.62. The minimum Gasteiger partial charge on any atom is -0.447 e. The first-order valence-corrected chi connectivity index (χ1v) is 17.2. The average Bonchev–Trinajstić information content (AvgIpc) is 3.02. The summed E-state index contributed by atoms with van der Waals surface area (Å²) in [6.45, 7) is 7.58. The third-order valence-electron chi connectivity index (χ3n) is 6.32. The van der Waals surface area contributed by atoms with Crippen LogP contribution in [-0.4, -0.2) is 134 Å². The molecule has 0 aliphatic rings. The predicted octanol–water partition coefficient (Wildman–Crippen LogP) is 0.657. The highest BCUT2D eigenvalue weighted by Crippen LogP contribution is 2.11. The molecule has 1 aromatic rings. The smallest absolute Gasteiger partial charge is 0.422 e. The van der Waals surface area contributed by atoms with Crippen molar-refractivity contribution >= 4 is 59.6 Å². The molecule has 2 radical (unpaired) electrons. The van der Waals surface area contributed by atoms with E-state index in [9.17, 15) is 37.2 Å². The molecule has 19 nitrogen and oxygen atoms in total. The van der Waals surface area contributed by atoms with E-state index < -0.39 is 57.8 Å². The fourth-order valence-corrected chi connectivity index (χ4v) is 4.30. The quantitative estimate of drug-likeness (QED) is 0.0747. The highest BCUT2D eigenvalue weighted by Gasteiger charge is 2.25. The van der Waals surface area contributed by atoms with E-state index in [1.54, 1.807) is 63.6 Å². The van der Waals surface area contributed by atoms with Gasteiger partial charge in [0.15, 0.2) is 5.81 Å². The number of benzene rings is 1. The number of likely N-dealkylation sites (N-methyl/N-ethyl adjacent to an activating group) is 2. The Labute approximate surface area is 299 Å². The lowest BCUT2D eigenvalue weighted by Crippen LogP contribution is -2.51. The number of rotatable bonds is 19. The van der Waals surface area contributed by atoms with Gasteiger partial charge in [-0.3, -0.25) is 14.4 Å². The maximum atomic E-state index is 12.7. The fraction of sp³-hybridized carbons (Fsp3) is 0.600. The van der Waals surface area contributed by atoms with Gasteiger partial charge in [-0.15, -0.1) is 0 Å². The van der Waals surface area contributed by atoms with Crippen molar-refractivity contribution in [3.63, 3.8) is 0 Å². The van der Waals surface area contributed by atoms with Gasteiger partial charge in [-0.25, -0.2) is 19.1 Å². The van der Waals surface area contributed by atoms with E-state index in [4.69, 9.17) is 26.8 Å². The number of ether oxygens (including phenoxy) is 4. The van der Waals surface area contributed by atoms with Crippen LogP contribution in [0, 0.1) is 5.92 Å². The van der Waals surface area contributed by atoms with Gasteiger partial charge in [0, 0.05) is 39.4 Å². The van der Waals surface area contributed by atoms with Gasteiger partial charge in [-0.05, 0) is 44.4 Å². The van der Waals surface area contributed by atoms with Crippen molar-refractivity contribution in [1.82, 2.24) is 29.9 Å². The Morgan fingerprint density at radius 1 is 0.882 bits per heavy atom. The Morgan fingerprint density at radius 3 is 2.10 bits per heavy atom. The summed E-state index contributed by atoms with van der Waals surface area (Å²) in [5.74, 6) is -2.13. The van der Waals surface area contributed by atoms with Crippen LogP contribution >= 0.6 is 0 Å². The van der Waals surface area contributed by atoms with E-state index in [0.29, 0.717) is 11.3 Å². The van der Waals surface area contributed by atoms with Crippen molar-refractivity contribution in [3.8, 4) is 0 Å². The number of carbonyl (C=O) groups excluding carboxylic acids is 6. The summed E-state index contributed by atoms with van der Waals surface area (Å²) < 4.78 is 47.8. The lowest BCUT2D eigenvalue weighted by atomic mass is 10.0. The number of hydrogen-bond acceptors (Lipinski definition) is 12. The largest absolute Gasteiger partial charge is 0.447 e. The van der Waals surface area contributed by atoms with Crippen LogP contribution in [0.5, 0.6) is 0 Å². The van der Waals surface area contributed by atoms with Gasteiger partial charge >= 0.3 is 28.5 Å². The van der Waals surface area contributed by atoms with Crippen molar-refractivity contribution in [1.29, 1.82) is 0 Å². The Kier molecular flexibility index (Phi) is 18.8. The SMILES string of the molecule is [B]C(=O)N(C)CCN(C)C(=O)OCc1ccc(NC(=O)CNC(=O)C(NC(=O)OCCOCCNS(=O)(=O)NC(=O)OC(C)(C)C)C(C)C)cc1. The van der Waals surface area contributed by atoms with E-state index >= 15 is 0 Å². The third kappa shape index (κ3) is 20.0. The van der Waals surface area contributed by atoms with Gasteiger partial charge in [0.2, 0.25) is 19.7 Å². The van der Waals surface area contributed by atoms with E-state index in [-0.39, 0.29) is 58.5 Å². The number of nitrogens with zero attached hydrogens (tertiary/aromatic N) is 2. The molecule has 0 heterocycles. The number of carbonyl (C=O) groups is 6. The van der Waals surface area contributed by atoms with Gasteiger partial charge in [-0.1, -0.05) is 26.0 Å². The zero-order valence-electron chi connectivity index (χ0n) is 29.9. The monoisotopic (exact) mass is 741 g/mol. The summed E-state index contributed by atoms with van der Waals surface area (Å²) in [7, 11) is 4.03. The minimum atomic E-state index is -4.17. The molecule has 51 heavy (non-hydrogen) atoms. The molecule has 0 aromatic heterocycles. The Balaban J connectivity index is 2.37. The third-order valence-corrected chi connectivity index (χ3v) is 7.34. The van der Waals surface area contributed by atoms with Crippen LogP contribution < -0.4 is 25.4 Å². The molecule has 1 aromatic carbocycles. The topological polar surface area (TPSA) is 240 Å². The number of amides is 6. The summed E-state index contributed by atoms with van der Waals surface area (Å²) in [6.07, 6.45) is -2.64. The van der Waals surface area contributed by atoms with Crippen molar-refractivity contribution in [2.75, 3.05) is 65.4 Å². The molecule has 0 fully saturated rings. The van der Waals surface area contributed by atoms with Gasteiger partial charge in [0.05, 0.1) is 19.8 Å². The molecule has 1 rings (SSSR count). The highest BCUT2D eigenvalue weighted by atomic mass is 32.2. The van der Waals surface area contributed by atoms with Crippen LogP contribution in [0.1, 0.15) is 40.2 Å². The zero-order valence-corrected chi connectivity index (χ0v) is 30.7. The lowest BCUT2D eigenvalue weighted by molar-refractivity contribution is -0.126. The molecule has 0 saturated heterocycles. The van der Waals surface area contributed by atoms with E-state index in [0.717, 1.165) is 0 Å². The summed E-state index contributed by atoms with van der Waals surface area (Å²) in [5.41, 5.74) is 0.200. The second-order valence-electron chi connectivity index (χ2n) is 12.3. The maximum absolute atomic E-state index is 12.7. The zero-order chi connectivity index (χ0) is 38.8. The van der Waals surface area contributed by atoms with Crippen LogP contribution in [0.15, 0.2) is 24.3 Å². The van der Waals surface area contributed by atoms with Crippen molar-refractivity contribution in [2.24, 2.45) is 5.92 Å². The van der Waals surface area contributed by atoms with Crippen molar-refractivity contribution < 1.29 is 56.1 Å². The molecule has 0 aliphatic carbocycles. The summed E-state index contributed by atoms with van der Waals surface area (Å²) >= 11 is 0. The van der Waals surface area contributed by atoms with Crippen LogP contribution in [0.25, 0.3) is 0 Å². The van der Waals surface area contributed by atoms with E-state index in [2.05, 4.69) is 20.7 Å². The Morgan fingerprint density at radius 2 is 1.51 bits per heavy atom. The average molecular weight is 742 g/mol. The van der Waals surface area contributed by atoms with Crippen molar-refractivity contribution in [2.45, 2.75) is 52.9 Å². The van der Waals surface area contributed by atoms with Gasteiger partial charge in [0.25, 0.3) is 0 Å². The first kappa shape index (κ1) is 44.4. The molecule has 6 amide bonds. The molecule has 0 saturated carbocycles. The predicted molar refractivity (Wildman–Crippen MR) is 185 cm³/mol. The molecule has 284 valence electrons. The molecule has 21 heteroatoms. The van der Waals surface area contributed by atoms with Crippen LogP contribution in [0.2, 0.25) is 0 Å². The highest BCUT2D eigenvalue weighted by molar-refractivity contribution is 7.88. The second kappa shape index (κ2) is 21.6. The number of hydrogen-bond donors (Lipinski definition) is 5. The molecular formula is C30H48BN7O12S. The standard InChI is InChI=1S/C30H48BN7O12S/c1-20(2)24(35-27(42)48-17-16-47-15-12-33-51(45,46)36-28(43)50-30(3,4)5)25(40)32-18-23(39)34-22-10-8-21(9-11-22)19-49-29(44)38(7)14-13-37(6)26(31)41/h8-11,20,24,33H,12-19H2,1-7H3,(H,32,40)(H,34,39)(H,35,42)(H,36,43). The lowest BCUT2D eigenvalue weighted by Gasteiger charge is -2.21. The molecule has 1 unspecified atom stereocenters. The van der Waals surface area contributed by atoms with E-state index in [1.165, 1.54) is 23.9 Å². The number of nitrogens with one attached hydrogen (secondary N) is 5. The Bertz CT molecular complexity index is 1440. The second-order valence-corrected chi connectivity index (χ2v) is 13.8. The van der Waals surface area contributed by atoms with Gasteiger partial charge in [-0.2, -0.15) is 13.1 Å².